The van der Waals surface area contributed by atoms with Gasteiger partial charge in [-0.3, -0.25) is 10.1 Å². The fraction of sp³-hybridized carbons (Fsp3) is 0.0909. The first-order chi connectivity index (χ1) is 14.0. The lowest BCUT2D eigenvalue weighted by Crippen LogP contribution is -2.34. The number of amides is 1. The highest BCUT2D eigenvalue weighted by Crippen LogP contribution is 2.24. The number of benzene rings is 3. The summed E-state index contributed by atoms with van der Waals surface area (Å²) in [6.07, 6.45) is 0.745. The molecule has 0 radical (unpaired) electrons. The summed E-state index contributed by atoms with van der Waals surface area (Å²) in [4.78, 5) is 12.7. The summed E-state index contributed by atoms with van der Waals surface area (Å²) in [5, 5.41) is 6.45. The Balaban J connectivity index is 1.63. The van der Waals surface area contributed by atoms with Crippen molar-refractivity contribution in [3.63, 3.8) is 0 Å². The maximum absolute atomic E-state index is 12.7. The Hall–Kier alpha value is -2.41. The molecular formula is C22H18BrClN2O2S. The molecule has 0 aliphatic heterocycles. The molecule has 0 heterocycles. The van der Waals surface area contributed by atoms with Crippen LogP contribution >= 0.6 is 39.7 Å². The molecule has 0 aliphatic carbocycles. The first kappa shape index (κ1) is 21.3. The molecule has 0 spiro atoms. The molecule has 0 unspecified atom stereocenters. The smallest absolute Gasteiger partial charge is 0.261 e. The number of hydrogen-bond donors (Lipinski definition) is 2. The highest BCUT2D eigenvalue weighted by atomic mass is 79.9. The van der Waals surface area contributed by atoms with Gasteiger partial charge in [0.25, 0.3) is 5.91 Å². The first-order valence-corrected chi connectivity index (χ1v) is 10.4. The van der Waals surface area contributed by atoms with Crippen LogP contribution in [-0.4, -0.2) is 17.6 Å². The zero-order valence-corrected chi connectivity index (χ0v) is 18.5. The largest absolute Gasteiger partial charge is 0.492 e. The van der Waals surface area contributed by atoms with Crippen molar-refractivity contribution < 1.29 is 9.53 Å². The van der Waals surface area contributed by atoms with Crippen molar-refractivity contribution in [2.45, 2.75) is 6.42 Å². The molecule has 3 aromatic rings. The summed E-state index contributed by atoms with van der Waals surface area (Å²) in [6, 6.07) is 22.4. The van der Waals surface area contributed by atoms with Crippen LogP contribution in [0.25, 0.3) is 0 Å². The van der Waals surface area contributed by atoms with E-state index >= 15 is 0 Å². The van der Waals surface area contributed by atoms with Crippen LogP contribution in [0.1, 0.15) is 15.9 Å². The highest BCUT2D eigenvalue weighted by molar-refractivity contribution is 9.10. The maximum atomic E-state index is 12.7. The van der Waals surface area contributed by atoms with Gasteiger partial charge in [-0.2, -0.15) is 0 Å². The van der Waals surface area contributed by atoms with Crippen molar-refractivity contribution in [3.05, 3.63) is 93.4 Å². The van der Waals surface area contributed by atoms with E-state index in [2.05, 4.69) is 26.6 Å². The third-order valence-electron chi connectivity index (χ3n) is 4.01. The third kappa shape index (κ3) is 6.56. The average Bonchev–Trinajstić information content (AvgIpc) is 2.71. The van der Waals surface area contributed by atoms with E-state index in [9.17, 15) is 4.79 Å². The molecule has 0 aromatic heterocycles. The number of nitrogens with one attached hydrogen (secondary N) is 2. The van der Waals surface area contributed by atoms with Gasteiger partial charge in [0.05, 0.1) is 12.2 Å². The van der Waals surface area contributed by atoms with Gasteiger partial charge < -0.3 is 10.1 Å². The summed E-state index contributed by atoms with van der Waals surface area (Å²) in [7, 11) is 0. The summed E-state index contributed by atoms with van der Waals surface area (Å²) >= 11 is 14.5. The van der Waals surface area contributed by atoms with Crippen molar-refractivity contribution in [1.82, 2.24) is 5.32 Å². The van der Waals surface area contributed by atoms with Crippen molar-refractivity contribution >= 4 is 56.5 Å². The highest BCUT2D eigenvalue weighted by Gasteiger charge is 2.15. The van der Waals surface area contributed by atoms with E-state index in [1.807, 2.05) is 36.4 Å². The van der Waals surface area contributed by atoms with Crippen LogP contribution in [0.2, 0.25) is 5.02 Å². The molecule has 148 valence electrons. The lowest BCUT2D eigenvalue weighted by Gasteiger charge is -2.14. The summed E-state index contributed by atoms with van der Waals surface area (Å²) in [5.74, 6) is 0.142. The van der Waals surface area contributed by atoms with Crippen LogP contribution in [0.4, 0.5) is 5.69 Å². The lowest BCUT2D eigenvalue weighted by atomic mass is 10.1. The number of thiocarbonyl (C=S) groups is 1. The lowest BCUT2D eigenvalue weighted by molar-refractivity contribution is 0.0973. The summed E-state index contributed by atoms with van der Waals surface area (Å²) < 4.78 is 6.64. The molecule has 0 atom stereocenters. The molecule has 1 amide bonds. The number of halogens is 2. The number of anilines is 1. The van der Waals surface area contributed by atoms with Gasteiger partial charge in [-0.25, -0.2) is 0 Å². The van der Waals surface area contributed by atoms with Crippen LogP contribution in [0.5, 0.6) is 5.75 Å². The molecule has 2 N–H and O–H groups in total. The van der Waals surface area contributed by atoms with Crippen LogP contribution in [0.15, 0.2) is 77.3 Å². The van der Waals surface area contributed by atoms with Crippen LogP contribution in [0.3, 0.4) is 0 Å². The minimum Gasteiger partial charge on any atom is -0.492 e. The number of ether oxygens (including phenoxy) is 1. The number of carbonyl (C=O) groups excluding carboxylic acids is 1. The minimum absolute atomic E-state index is 0.188. The predicted octanol–water partition coefficient (Wildman–Crippen LogP) is 5.85. The van der Waals surface area contributed by atoms with E-state index in [4.69, 9.17) is 28.6 Å². The van der Waals surface area contributed by atoms with Crippen molar-refractivity contribution in [2.24, 2.45) is 0 Å². The number of carbonyl (C=O) groups is 1. The topological polar surface area (TPSA) is 50.4 Å². The second-order valence-corrected chi connectivity index (χ2v) is 7.90. The second kappa shape index (κ2) is 10.4. The second-order valence-electron chi connectivity index (χ2n) is 6.14. The molecule has 29 heavy (non-hydrogen) atoms. The van der Waals surface area contributed by atoms with Gasteiger partial charge in [0, 0.05) is 21.6 Å². The van der Waals surface area contributed by atoms with Crippen molar-refractivity contribution in [3.8, 4) is 5.75 Å². The summed E-state index contributed by atoms with van der Waals surface area (Å²) in [6.45, 7) is 0.458. The Labute approximate surface area is 188 Å². The summed E-state index contributed by atoms with van der Waals surface area (Å²) in [5.41, 5.74) is 2.30. The van der Waals surface area contributed by atoms with E-state index < -0.39 is 0 Å². The molecular weight excluding hydrogens is 472 g/mol. The molecule has 3 aromatic carbocycles. The monoisotopic (exact) mass is 488 g/mol. The van der Waals surface area contributed by atoms with Crippen molar-refractivity contribution in [2.75, 3.05) is 11.9 Å². The van der Waals surface area contributed by atoms with E-state index in [1.165, 1.54) is 5.56 Å². The van der Waals surface area contributed by atoms with Gasteiger partial charge in [-0.15, -0.1) is 0 Å². The van der Waals surface area contributed by atoms with E-state index in [0.29, 0.717) is 22.9 Å². The SMILES string of the molecule is O=C(NC(=S)Nc1ccc(Cl)cc1)c1cc(Br)ccc1OCCc1ccccc1. The van der Waals surface area contributed by atoms with Gasteiger partial charge in [-0.1, -0.05) is 57.9 Å². The number of hydrogen-bond acceptors (Lipinski definition) is 3. The van der Waals surface area contributed by atoms with Crippen LogP contribution in [0, 0.1) is 0 Å². The van der Waals surface area contributed by atoms with Gasteiger partial charge in [-0.05, 0) is 60.2 Å². The van der Waals surface area contributed by atoms with Gasteiger partial charge in [0.2, 0.25) is 0 Å². The molecule has 0 saturated heterocycles. The Morgan fingerprint density at radius 3 is 2.48 bits per heavy atom. The van der Waals surface area contributed by atoms with Crippen LogP contribution in [-0.2, 0) is 6.42 Å². The quantitative estimate of drug-likeness (QED) is 0.426. The normalized spacial score (nSPS) is 10.3. The van der Waals surface area contributed by atoms with E-state index in [-0.39, 0.29) is 11.0 Å². The first-order valence-electron chi connectivity index (χ1n) is 8.85. The fourth-order valence-corrected chi connectivity index (χ4v) is 3.29. The van der Waals surface area contributed by atoms with E-state index in [1.54, 1.807) is 36.4 Å². The molecule has 7 heteroatoms. The van der Waals surface area contributed by atoms with E-state index in [0.717, 1.165) is 16.6 Å². The van der Waals surface area contributed by atoms with Gasteiger partial charge >= 0.3 is 0 Å². The average molecular weight is 490 g/mol. The Bertz CT molecular complexity index is 997. The predicted molar refractivity (Wildman–Crippen MR) is 125 cm³/mol. The molecule has 4 nitrogen and oxygen atoms in total. The molecule has 0 bridgehead atoms. The minimum atomic E-state index is -0.354. The third-order valence-corrected chi connectivity index (χ3v) is 4.96. The van der Waals surface area contributed by atoms with Gasteiger partial charge in [0.15, 0.2) is 5.11 Å². The van der Waals surface area contributed by atoms with Crippen molar-refractivity contribution in [1.29, 1.82) is 0 Å². The maximum Gasteiger partial charge on any atom is 0.261 e. The molecule has 0 fully saturated rings. The Morgan fingerprint density at radius 1 is 1.03 bits per heavy atom. The van der Waals surface area contributed by atoms with Gasteiger partial charge in [0.1, 0.15) is 5.75 Å². The fourth-order valence-electron chi connectivity index (χ4n) is 2.60. The molecule has 0 aliphatic rings. The molecule has 0 saturated carbocycles. The Kier molecular flexibility index (Phi) is 7.63. The standard InChI is InChI=1S/C22H18BrClN2O2S/c23-16-6-11-20(28-13-12-15-4-2-1-3-5-15)19(14-16)21(27)26-22(29)25-18-9-7-17(24)8-10-18/h1-11,14H,12-13H2,(H2,25,26,27,29). The molecule has 3 rings (SSSR count). The number of rotatable bonds is 6. The Morgan fingerprint density at radius 2 is 1.76 bits per heavy atom. The van der Waals surface area contributed by atoms with Crippen LogP contribution < -0.4 is 15.4 Å². The zero-order valence-electron chi connectivity index (χ0n) is 15.3. The zero-order chi connectivity index (χ0) is 20.6.